The minimum absolute atomic E-state index is 0.0483. The average Bonchev–Trinajstić information content (AvgIpc) is 2.56. The van der Waals surface area contributed by atoms with Crippen LogP contribution in [0.2, 0.25) is 0 Å². The molecule has 0 atom stereocenters. The monoisotopic (exact) mass is 284 g/mol. The minimum atomic E-state index is -4.47. The van der Waals surface area contributed by atoms with Gasteiger partial charge in [0.15, 0.2) is 17.6 Å². The van der Waals surface area contributed by atoms with Gasteiger partial charge in [-0.3, -0.25) is 9.59 Å². The van der Waals surface area contributed by atoms with Gasteiger partial charge < -0.3 is 5.32 Å². The molecule has 0 fully saturated rings. The molecule has 1 heterocycles. The molecule has 20 heavy (non-hydrogen) atoms. The molecule has 1 aliphatic carbocycles. The molecule has 0 spiro atoms. The molecule has 1 aromatic heterocycles. The first-order chi connectivity index (χ1) is 9.21. The molecule has 0 aliphatic heterocycles. The largest absolute Gasteiger partial charge is 0.417 e. The second-order valence-corrected chi connectivity index (χ2v) is 4.49. The Kier molecular flexibility index (Phi) is 3.37. The predicted octanol–water partition coefficient (Wildman–Crippen LogP) is 2.37. The number of aromatic nitrogens is 1. The Morgan fingerprint density at radius 3 is 2.05 bits per heavy atom. The summed E-state index contributed by atoms with van der Waals surface area (Å²) >= 11 is 0. The minimum Gasteiger partial charge on any atom is -0.353 e. The van der Waals surface area contributed by atoms with Crippen LogP contribution in [-0.2, 0) is 15.8 Å². The number of rotatable bonds is 2. The van der Waals surface area contributed by atoms with E-state index in [2.05, 4.69) is 10.3 Å². The molecular weight excluding hydrogens is 273 g/mol. The van der Waals surface area contributed by atoms with Gasteiger partial charge in [0.25, 0.3) is 0 Å². The number of ketones is 2. The van der Waals surface area contributed by atoms with Crippen molar-refractivity contribution in [1.82, 2.24) is 4.98 Å². The van der Waals surface area contributed by atoms with Crippen molar-refractivity contribution < 1.29 is 22.8 Å². The van der Waals surface area contributed by atoms with E-state index in [1.54, 1.807) is 0 Å². The van der Waals surface area contributed by atoms with Gasteiger partial charge in [0.2, 0.25) is 0 Å². The average molecular weight is 284 g/mol. The highest BCUT2D eigenvalue weighted by Crippen LogP contribution is 2.29. The first-order valence-corrected chi connectivity index (χ1v) is 5.77. The van der Waals surface area contributed by atoms with Crippen molar-refractivity contribution in [3.8, 4) is 0 Å². The number of hydrogen-bond donors (Lipinski definition) is 1. The molecule has 0 saturated carbocycles. The van der Waals surface area contributed by atoms with Gasteiger partial charge >= 0.3 is 6.18 Å². The molecule has 0 aromatic carbocycles. The fourth-order valence-corrected chi connectivity index (χ4v) is 1.85. The Morgan fingerprint density at radius 2 is 1.65 bits per heavy atom. The fourth-order valence-electron chi connectivity index (χ4n) is 1.85. The van der Waals surface area contributed by atoms with Crippen molar-refractivity contribution in [1.29, 1.82) is 0 Å². The highest BCUT2D eigenvalue weighted by molar-refractivity contribution is 6.28. The maximum absolute atomic E-state index is 12.4. The van der Waals surface area contributed by atoms with Gasteiger partial charge in [-0.25, -0.2) is 4.98 Å². The second kappa shape index (κ2) is 4.73. The van der Waals surface area contributed by atoms with E-state index in [-0.39, 0.29) is 17.4 Å². The SMILES string of the molecule is CC1=C(C)C(=O)C(Nc2ccc(C(F)(F)F)cn2)C1=O. The summed E-state index contributed by atoms with van der Waals surface area (Å²) in [6, 6.07) is 0.831. The first-order valence-electron chi connectivity index (χ1n) is 5.77. The highest BCUT2D eigenvalue weighted by atomic mass is 19.4. The van der Waals surface area contributed by atoms with Crippen LogP contribution < -0.4 is 5.32 Å². The smallest absolute Gasteiger partial charge is 0.353 e. The molecule has 7 heteroatoms. The highest BCUT2D eigenvalue weighted by Gasteiger charge is 2.37. The van der Waals surface area contributed by atoms with Crippen molar-refractivity contribution in [2.24, 2.45) is 0 Å². The van der Waals surface area contributed by atoms with E-state index < -0.39 is 17.8 Å². The van der Waals surface area contributed by atoms with Gasteiger partial charge in [0.05, 0.1) is 5.56 Å². The van der Waals surface area contributed by atoms with E-state index in [1.807, 2.05) is 0 Å². The summed E-state index contributed by atoms with van der Waals surface area (Å²) < 4.78 is 37.1. The van der Waals surface area contributed by atoms with E-state index >= 15 is 0 Å². The number of anilines is 1. The molecule has 2 rings (SSSR count). The molecular formula is C13H11F3N2O2. The standard InChI is InChI=1S/C13H11F3N2O2/c1-6-7(2)12(20)10(11(6)19)18-9-4-3-8(5-17-9)13(14,15)16/h3-5,10H,1-2H3,(H,17,18). The summed E-state index contributed by atoms with van der Waals surface area (Å²) in [5, 5.41) is 2.56. The van der Waals surface area contributed by atoms with Crippen molar-refractivity contribution in [3.05, 3.63) is 35.0 Å². The zero-order valence-electron chi connectivity index (χ0n) is 10.7. The number of Topliss-reactive ketones (excluding diaryl/α,β-unsaturated/α-hetero) is 2. The molecule has 0 unspecified atom stereocenters. The topological polar surface area (TPSA) is 59.1 Å². The van der Waals surface area contributed by atoms with Crippen LogP contribution in [0.1, 0.15) is 19.4 Å². The van der Waals surface area contributed by atoms with Crippen LogP contribution >= 0.6 is 0 Å². The second-order valence-electron chi connectivity index (χ2n) is 4.49. The molecule has 0 amide bonds. The summed E-state index contributed by atoms with van der Waals surface area (Å²) in [5.41, 5.74) is -0.170. The first kappa shape index (κ1) is 14.2. The Labute approximate surface area is 112 Å². The lowest BCUT2D eigenvalue weighted by Crippen LogP contribution is -2.33. The van der Waals surface area contributed by atoms with Crippen molar-refractivity contribution in [3.63, 3.8) is 0 Å². The van der Waals surface area contributed by atoms with E-state index in [1.165, 1.54) is 13.8 Å². The van der Waals surface area contributed by atoms with Crippen LogP contribution in [0.3, 0.4) is 0 Å². The van der Waals surface area contributed by atoms with E-state index in [4.69, 9.17) is 0 Å². The van der Waals surface area contributed by atoms with E-state index in [9.17, 15) is 22.8 Å². The summed E-state index contributed by atoms with van der Waals surface area (Å²) in [7, 11) is 0. The van der Waals surface area contributed by atoms with Gasteiger partial charge in [-0.05, 0) is 26.0 Å². The number of carbonyl (C=O) groups is 2. The third kappa shape index (κ3) is 2.43. The van der Waals surface area contributed by atoms with E-state index in [0.717, 1.165) is 12.1 Å². The third-order valence-corrected chi connectivity index (χ3v) is 3.21. The van der Waals surface area contributed by atoms with Crippen molar-refractivity contribution in [2.45, 2.75) is 26.1 Å². The van der Waals surface area contributed by atoms with Gasteiger partial charge in [0.1, 0.15) is 5.82 Å². The summed E-state index contributed by atoms with van der Waals surface area (Å²) in [4.78, 5) is 27.2. The van der Waals surface area contributed by atoms with Crippen molar-refractivity contribution >= 4 is 17.4 Å². The molecule has 106 valence electrons. The Morgan fingerprint density at radius 1 is 1.10 bits per heavy atom. The molecule has 0 radical (unpaired) electrons. The number of alkyl halides is 3. The van der Waals surface area contributed by atoms with Crippen molar-refractivity contribution in [2.75, 3.05) is 5.32 Å². The van der Waals surface area contributed by atoms with E-state index in [0.29, 0.717) is 17.3 Å². The summed E-state index contributed by atoms with van der Waals surface area (Å²) in [5.74, 6) is -0.712. The van der Waals surface area contributed by atoms with Gasteiger partial charge in [-0.1, -0.05) is 0 Å². The number of hydrogen-bond acceptors (Lipinski definition) is 4. The molecule has 1 aromatic rings. The number of carbonyl (C=O) groups excluding carboxylic acids is 2. The van der Waals surface area contributed by atoms with Crippen LogP contribution in [0, 0.1) is 0 Å². The fraction of sp³-hybridized carbons (Fsp3) is 0.308. The molecule has 1 N–H and O–H groups in total. The molecule has 1 aliphatic rings. The predicted molar refractivity (Wildman–Crippen MR) is 65.0 cm³/mol. The quantitative estimate of drug-likeness (QED) is 0.847. The Hall–Kier alpha value is -2.18. The number of halogens is 3. The summed E-state index contributed by atoms with van der Waals surface area (Å²) in [6.07, 6.45) is -3.82. The van der Waals surface area contributed by atoms with Gasteiger partial charge in [-0.2, -0.15) is 13.2 Å². The normalized spacial score (nSPS) is 17.1. The zero-order chi connectivity index (χ0) is 15.1. The zero-order valence-corrected chi connectivity index (χ0v) is 10.7. The van der Waals surface area contributed by atoms with Crippen LogP contribution in [0.25, 0.3) is 0 Å². The van der Waals surface area contributed by atoms with Crippen LogP contribution in [-0.4, -0.2) is 22.6 Å². The van der Waals surface area contributed by atoms with Gasteiger partial charge in [-0.15, -0.1) is 0 Å². The lowest BCUT2D eigenvalue weighted by atomic mass is 10.1. The number of pyridine rings is 1. The molecule has 4 nitrogen and oxygen atoms in total. The lowest BCUT2D eigenvalue weighted by molar-refractivity contribution is -0.137. The lowest BCUT2D eigenvalue weighted by Gasteiger charge is -2.12. The van der Waals surface area contributed by atoms with Crippen LogP contribution in [0.5, 0.6) is 0 Å². The number of nitrogens with zero attached hydrogens (tertiary/aromatic N) is 1. The molecule has 0 saturated heterocycles. The number of nitrogens with one attached hydrogen (secondary N) is 1. The van der Waals surface area contributed by atoms with Crippen LogP contribution in [0.15, 0.2) is 29.5 Å². The van der Waals surface area contributed by atoms with Crippen LogP contribution in [0.4, 0.5) is 19.0 Å². The maximum atomic E-state index is 12.4. The Balaban J connectivity index is 2.17. The Bertz CT molecular complexity index is 579. The molecule has 0 bridgehead atoms. The summed E-state index contributed by atoms with van der Waals surface area (Å²) in [6.45, 7) is 3.08. The van der Waals surface area contributed by atoms with Gasteiger partial charge in [0, 0.05) is 17.3 Å². The third-order valence-electron chi connectivity index (χ3n) is 3.21. The maximum Gasteiger partial charge on any atom is 0.417 e.